The lowest BCUT2D eigenvalue weighted by Gasteiger charge is -2.02. The van der Waals surface area contributed by atoms with Gasteiger partial charge in [-0.25, -0.2) is 4.79 Å². The van der Waals surface area contributed by atoms with Crippen molar-refractivity contribution >= 4 is 17.6 Å². The van der Waals surface area contributed by atoms with Crippen LogP contribution in [-0.2, 0) is 4.74 Å². The molecule has 0 N–H and O–H groups in total. The van der Waals surface area contributed by atoms with Crippen molar-refractivity contribution in [1.29, 1.82) is 0 Å². The monoisotopic (exact) mass is 226 g/mol. The Balaban J connectivity index is 1.81. The van der Waals surface area contributed by atoms with Crippen molar-refractivity contribution in [3.8, 4) is 0 Å². The van der Waals surface area contributed by atoms with Crippen molar-refractivity contribution in [1.82, 2.24) is 10.2 Å². The zero-order chi connectivity index (χ0) is 10.7. The molecule has 80 valence electrons. The number of nitrogens with zero attached hydrogens (tertiary/aromatic N) is 2. The van der Waals surface area contributed by atoms with Crippen molar-refractivity contribution in [2.45, 2.75) is 19.3 Å². The first kappa shape index (κ1) is 10.4. The van der Waals surface area contributed by atoms with Gasteiger partial charge in [-0.2, -0.15) is 0 Å². The summed E-state index contributed by atoms with van der Waals surface area (Å²) in [5.41, 5.74) is 0.204. The third-order valence-corrected chi connectivity index (χ3v) is 2.50. The fraction of sp³-hybridized carbons (Fsp3) is 0.500. The van der Waals surface area contributed by atoms with Crippen molar-refractivity contribution in [2.75, 3.05) is 6.61 Å². The zero-order valence-electron chi connectivity index (χ0n) is 8.15. The molecule has 4 nitrogen and oxygen atoms in total. The second-order valence-corrected chi connectivity index (χ2v) is 4.00. The van der Waals surface area contributed by atoms with Gasteiger partial charge in [-0.1, -0.05) is 24.4 Å². The summed E-state index contributed by atoms with van der Waals surface area (Å²) >= 11 is 5.54. The van der Waals surface area contributed by atoms with E-state index in [4.69, 9.17) is 16.3 Å². The SMILES string of the molecule is O=C(OCCC1CC1)c1ccc(Cl)nn1. The molecule has 1 aliphatic carbocycles. The van der Waals surface area contributed by atoms with E-state index in [2.05, 4.69) is 10.2 Å². The van der Waals surface area contributed by atoms with Gasteiger partial charge < -0.3 is 4.74 Å². The number of hydrogen-bond donors (Lipinski definition) is 0. The first-order valence-corrected chi connectivity index (χ1v) is 5.30. The number of carbonyl (C=O) groups is 1. The van der Waals surface area contributed by atoms with E-state index in [1.165, 1.54) is 25.0 Å². The molecular formula is C10H11ClN2O2. The lowest BCUT2D eigenvalue weighted by molar-refractivity contribution is 0.0486. The molecule has 1 heterocycles. The van der Waals surface area contributed by atoms with Crippen LogP contribution in [0.15, 0.2) is 12.1 Å². The molecule has 0 aliphatic heterocycles. The molecular weight excluding hydrogens is 216 g/mol. The van der Waals surface area contributed by atoms with Crippen LogP contribution in [-0.4, -0.2) is 22.8 Å². The molecule has 1 aromatic rings. The van der Waals surface area contributed by atoms with Gasteiger partial charge in [-0.05, 0) is 24.5 Å². The van der Waals surface area contributed by atoms with Crippen LogP contribution in [0.3, 0.4) is 0 Å². The van der Waals surface area contributed by atoms with Crippen LogP contribution in [0.4, 0.5) is 0 Å². The predicted molar refractivity (Wildman–Crippen MR) is 54.7 cm³/mol. The number of esters is 1. The minimum Gasteiger partial charge on any atom is -0.461 e. The van der Waals surface area contributed by atoms with E-state index < -0.39 is 5.97 Å². The molecule has 0 bridgehead atoms. The summed E-state index contributed by atoms with van der Waals surface area (Å²) in [7, 11) is 0. The van der Waals surface area contributed by atoms with Crippen LogP contribution >= 0.6 is 11.6 Å². The first-order chi connectivity index (χ1) is 7.25. The van der Waals surface area contributed by atoms with Crippen LogP contribution in [0, 0.1) is 5.92 Å². The van der Waals surface area contributed by atoms with Crippen LogP contribution in [0.5, 0.6) is 0 Å². The van der Waals surface area contributed by atoms with Crippen molar-refractivity contribution in [2.24, 2.45) is 5.92 Å². The number of ether oxygens (including phenoxy) is 1. The molecule has 0 saturated heterocycles. The average molecular weight is 227 g/mol. The third-order valence-electron chi connectivity index (χ3n) is 2.30. The highest BCUT2D eigenvalue weighted by atomic mass is 35.5. The summed E-state index contributed by atoms with van der Waals surface area (Å²) in [6.07, 6.45) is 3.48. The van der Waals surface area contributed by atoms with Crippen LogP contribution in [0.1, 0.15) is 29.8 Å². The van der Waals surface area contributed by atoms with Gasteiger partial charge in [-0.15, -0.1) is 10.2 Å². The Labute approximate surface area is 92.6 Å². The Hall–Kier alpha value is -1.16. The molecule has 0 spiro atoms. The van der Waals surface area contributed by atoms with Gasteiger partial charge in [0.05, 0.1) is 6.61 Å². The van der Waals surface area contributed by atoms with E-state index in [1.807, 2.05) is 0 Å². The average Bonchev–Trinajstić information content (AvgIpc) is 3.02. The number of carbonyl (C=O) groups excluding carboxylic acids is 1. The van der Waals surface area contributed by atoms with Crippen molar-refractivity contribution < 1.29 is 9.53 Å². The zero-order valence-corrected chi connectivity index (χ0v) is 8.91. The van der Waals surface area contributed by atoms with E-state index >= 15 is 0 Å². The van der Waals surface area contributed by atoms with Gasteiger partial charge in [0.15, 0.2) is 10.8 Å². The summed E-state index contributed by atoms with van der Waals surface area (Å²) in [6.45, 7) is 0.466. The van der Waals surface area contributed by atoms with Crippen LogP contribution in [0.2, 0.25) is 5.15 Å². The molecule has 1 saturated carbocycles. The molecule has 5 heteroatoms. The van der Waals surface area contributed by atoms with Gasteiger partial charge in [-0.3, -0.25) is 0 Å². The summed E-state index contributed by atoms with van der Waals surface area (Å²) < 4.78 is 5.03. The molecule has 1 aromatic heterocycles. The predicted octanol–water partition coefficient (Wildman–Crippen LogP) is 2.09. The van der Waals surface area contributed by atoms with E-state index in [0.717, 1.165) is 12.3 Å². The Kier molecular flexibility index (Phi) is 3.16. The largest absolute Gasteiger partial charge is 0.461 e. The lowest BCUT2D eigenvalue weighted by Crippen LogP contribution is -2.09. The number of halogens is 1. The second kappa shape index (κ2) is 4.57. The Bertz CT molecular complexity index is 349. The summed E-state index contributed by atoms with van der Waals surface area (Å²) in [6, 6.07) is 3.03. The molecule has 2 rings (SSSR count). The second-order valence-electron chi connectivity index (χ2n) is 3.61. The highest BCUT2D eigenvalue weighted by Gasteiger charge is 2.21. The van der Waals surface area contributed by atoms with Gasteiger partial charge in [0.25, 0.3) is 0 Å². The lowest BCUT2D eigenvalue weighted by atomic mass is 10.3. The van der Waals surface area contributed by atoms with E-state index in [-0.39, 0.29) is 10.8 Å². The van der Waals surface area contributed by atoms with Crippen LogP contribution < -0.4 is 0 Å². The molecule has 1 fully saturated rings. The minimum atomic E-state index is -0.431. The highest BCUT2D eigenvalue weighted by Crippen LogP contribution is 2.32. The fourth-order valence-corrected chi connectivity index (χ4v) is 1.32. The normalized spacial score (nSPS) is 15.0. The Morgan fingerprint density at radius 2 is 2.27 bits per heavy atom. The maximum Gasteiger partial charge on any atom is 0.358 e. The molecule has 1 aliphatic rings. The van der Waals surface area contributed by atoms with Crippen LogP contribution in [0.25, 0.3) is 0 Å². The van der Waals surface area contributed by atoms with E-state index in [9.17, 15) is 4.79 Å². The number of hydrogen-bond acceptors (Lipinski definition) is 4. The Morgan fingerprint density at radius 1 is 1.47 bits per heavy atom. The molecule has 15 heavy (non-hydrogen) atoms. The smallest absolute Gasteiger partial charge is 0.358 e. The minimum absolute atomic E-state index is 0.204. The van der Waals surface area contributed by atoms with Gasteiger partial charge in [0, 0.05) is 0 Å². The molecule has 0 atom stereocenters. The quantitative estimate of drug-likeness (QED) is 0.738. The molecule has 0 radical (unpaired) electrons. The van der Waals surface area contributed by atoms with E-state index in [0.29, 0.717) is 6.61 Å². The van der Waals surface area contributed by atoms with Crippen molar-refractivity contribution in [3.63, 3.8) is 0 Å². The number of aromatic nitrogens is 2. The van der Waals surface area contributed by atoms with Gasteiger partial charge in [0.2, 0.25) is 0 Å². The number of rotatable bonds is 4. The van der Waals surface area contributed by atoms with Gasteiger partial charge in [0.1, 0.15) is 0 Å². The Morgan fingerprint density at radius 3 is 2.87 bits per heavy atom. The van der Waals surface area contributed by atoms with E-state index in [1.54, 1.807) is 0 Å². The maximum absolute atomic E-state index is 11.4. The fourth-order valence-electron chi connectivity index (χ4n) is 1.22. The highest BCUT2D eigenvalue weighted by molar-refractivity contribution is 6.29. The third kappa shape index (κ3) is 3.16. The summed E-state index contributed by atoms with van der Waals surface area (Å²) in [4.78, 5) is 11.4. The standard InChI is InChI=1S/C10H11ClN2O2/c11-9-4-3-8(12-13-9)10(14)15-6-5-7-1-2-7/h3-4,7H,1-2,5-6H2. The maximum atomic E-state index is 11.4. The summed E-state index contributed by atoms with van der Waals surface area (Å²) in [5, 5.41) is 7.47. The topological polar surface area (TPSA) is 52.1 Å². The first-order valence-electron chi connectivity index (χ1n) is 4.92. The molecule has 0 unspecified atom stereocenters. The summed E-state index contributed by atoms with van der Waals surface area (Å²) in [5.74, 6) is 0.328. The van der Waals surface area contributed by atoms with Crippen molar-refractivity contribution in [3.05, 3.63) is 23.0 Å². The molecule has 0 amide bonds. The van der Waals surface area contributed by atoms with Gasteiger partial charge >= 0.3 is 5.97 Å². The molecule has 0 aromatic carbocycles.